The Morgan fingerprint density at radius 2 is 2.00 bits per heavy atom. The van der Waals surface area contributed by atoms with Crippen LogP contribution in [-0.2, 0) is 4.79 Å². The molecule has 1 heterocycles. The highest BCUT2D eigenvalue weighted by Gasteiger charge is 2.14. The summed E-state index contributed by atoms with van der Waals surface area (Å²) >= 11 is 0. The first-order valence-corrected chi connectivity index (χ1v) is 7.01. The van der Waals surface area contributed by atoms with Gasteiger partial charge in [-0.05, 0) is 42.3 Å². The van der Waals surface area contributed by atoms with Crippen LogP contribution in [0.3, 0.4) is 0 Å². The largest absolute Gasteiger partial charge is 0.397 e. The average Bonchev–Trinajstić information content (AvgIpc) is 2.50. The molecule has 1 aromatic heterocycles. The summed E-state index contributed by atoms with van der Waals surface area (Å²) in [5.41, 5.74) is 14.4. The zero-order valence-electron chi connectivity index (χ0n) is 13.3. The summed E-state index contributed by atoms with van der Waals surface area (Å²) in [6.45, 7) is 1.78. The van der Waals surface area contributed by atoms with Gasteiger partial charge in [0.25, 0.3) is 0 Å². The number of halogens is 1. The predicted octanol–water partition coefficient (Wildman–Crippen LogP) is 2.54. The van der Waals surface area contributed by atoms with Crippen LogP contribution in [-0.4, -0.2) is 29.9 Å². The highest BCUT2D eigenvalue weighted by Crippen LogP contribution is 2.34. The molecule has 0 aliphatic heterocycles. The van der Waals surface area contributed by atoms with Crippen molar-refractivity contribution < 1.29 is 9.18 Å². The number of hydrogen-bond donors (Lipinski definition) is 2. The first-order chi connectivity index (χ1) is 10.8. The quantitative estimate of drug-likeness (QED) is 0.673. The van der Waals surface area contributed by atoms with Crippen LogP contribution in [0.25, 0.3) is 16.8 Å². The molecule has 1 amide bonds. The van der Waals surface area contributed by atoms with E-state index in [0.717, 1.165) is 0 Å². The normalized spacial score (nSPS) is 11.4. The summed E-state index contributed by atoms with van der Waals surface area (Å²) < 4.78 is 14.0. The van der Waals surface area contributed by atoms with Crippen molar-refractivity contribution in [2.75, 3.05) is 25.6 Å². The van der Waals surface area contributed by atoms with Crippen molar-refractivity contribution >= 4 is 22.9 Å². The van der Waals surface area contributed by atoms with Crippen LogP contribution in [0.1, 0.15) is 12.5 Å². The zero-order valence-corrected chi connectivity index (χ0v) is 13.3. The van der Waals surface area contributed by atoms with Crippen molar-refractivity contribution in [2.45, 2.75) is 6.92 Å². The summed E-state index contributed by atoms with van der Waals surface area (Å²) in [6, 6.07) is 6.16. The number of likely N-dealkylation sites (N-methyl/N-ethyl adjacent to an activating group) is 1. The molecule has 0 aliphatic carbocycles. The number of hydrogen-bond acceptors (Lipinski definition) is 4. The lowest BCUT2D eigenvalue weighted by Gasteiger charge is -2.13. The fourth-order valence-corrected chi connectivity index (χ4v) is 2.08. The Balaban J connectivity index is 2.58. The minimum Gasteiger partial charge on any atom is -0.397 e. The van der Waals surface area contributed by atoms with E-state index in [2.05, 4.69) is 4.98 Å². The van der Waals surface area contributed by atoms with Gasteiger partial charge >= 0.3 is 0 Å². The molecule has 6 heteroatoms. The third-order valence-electron chi connectivity index (χ3n) is 3.46. The maximum absolute atomic E-state index is 14.0. The Hall–Kier alpha value is -2.89. The lowest BCUT2D eigenvalue weighted by molar-refractivity contribution is -0.123. The van der Waals surface area contributed by atoms with E-state index in [1.54, 1.807) is 33.2 Å². The molecular formula is C17H19FN4O. The Kier molecular flexibility index (Phi) is 4.64. The van der Waals surface area contributed by atoms with Gasteiger partial charge in [0.1, 0.15) is 11.5 Å². The molecular weight excluding hydrogens is 295 g/mol. The smallest absolute Gasteiger partial charge is 0.246 e. The first-order valence-electron chi connectivity index (χ1n) is 7.01. The number of allylic oxidation sites excluding steroid dienone is 1. The van der Waals surface area contributed by atoms with Gasteiger partial charge in [0.2, 0.25) is 5.91 Å². The molecule has 0 aliphatic rings. The van der Waals surface area contributed by atoms with Crippen LogP contribution in [0, 0.1) is 5.82 Å². The summed E-state index contributed by atoms with van der Waals surface area (Å²) in [5, 5.41) is 0. The number of nitrogens with zero attached hydrogens (tertiary/aromatic N) is 2. The maximum atomic E-state index is 14.0. The fourth-order valence-electron chi connectivity index (χ4n) is 2.08. The van der Waals surface area contributed by atoms with E-state index in [9.17, 15) is 9.18 Å². The minimum absolute atomic E-state index is 0.130. The molecule has 0 radical (unpaired) electrons. The topological polar surface area (TPSA) is 85.2 Å². The average molecular weight is 314 g/mol. The van der Waals surface area contributed by atoms with Gasteiger partial charge in [-0.2, -0.15) is 0 Å². The molecule has 2 rings (SSSR count). The Bertz CT molecular complexity index is 784. The van der Waals surface area contributed by atoms with Gasteiger partial charge in [-0.25, -0.2) is 4.39 Å². The van der Waals surface area contributed by atoms with E-state index >= 15 is 0 Å². The van der Waals surface area contributed by atoms with Crippen molar-refractivity contribution in [1.82, 2.24) is 9.88 Å². The van der Waals surface area contributed by atoms with Crippen molar-refractivity contribution in [1.29, 1.82) is 0 Å². The molecule has 0 atom stereocenters. The van der Waals surface area contributed by atoms with E-state index in [4.69, 9.17) is 11.5 Å². The lowest BCUT2D eigenvalue weighted by Crippen LogP contribution is -2.19. The standard InChI is InChI=1S/C17H19FN4O/c1-10(7-15(23)22(2)3)11-8-12(16(20)14(19)9-11)17-13(18)5-4-6-21-17/h4-9H,19-20H2,1-3H3/b10-7+. The van der Waals surface area contributed by atoms with Crippen molar-refractivity contribution in [2.24, 2.45) is 0 Å². The van der Waals surface area contributed by atoms with Crippen LogP contribution in [0.15, 0.2) is 36.5 Å². The van der Waals surface area contributed by atoms with E-state index in [1.807, 2.05) is 0 Å². The van der Waals surface area contributed by atoms with E-state index in [0.29, 0.717) is 22.4 Å². The van der Waals surface area contributed by atoms with Gasteiger partial charge in [-0.1, -0.05) is 0 Å². The number of anilines is 2. The molecule has 0 fully saturated rings. The molecule has 120 valence electrons. The summed E-state index contributed by atoms with van der Waals surface area (Å²) in [4.78, 5) is 17.3. The van der Waals surface area contributed by atoms with Crippen molar-refractivity contribution in [3.05, 3.63) is 47.9 Å². The second-order valence-electron chi connectivity index (χ2n) is 5.42. The second-order valence-corrected chi connectivity index (χ2v) is 5.42. The molecule has 2 aromatic rings. The molecule has 0 unspecified atom stereocenters. The van der Waals surface area contributed by atoms with Crippen molar-refractivity contribution in [3.8, 4) is 11.3 Å². The third kappa shape index (κ3) is 3.48. The summed E-state index contributed by atoms with van der Waals surface area (Å²) in [6.07, 6.45) is 2.97. The number of rotatable bonds is 3. The van der Waals surface area contributed by atoms with Crippen molar-refractivity contribution in [3.63, 3.8) is 0 Å². The Labute approximate surface area is 134 Å². The highest BCUT2D eigenvalue weighted by molar-refractivity contribution is 5.96. The number of carbonyl (C=O) groups is 1. The van der Waals surface area contributed by atoms with Gasteiger partial charge in [0.05, 0.1) is 11.4 Å². The number of nitrogen functional groups attached to an aromatic ring is 2. The van der Waals surface area contributed by atoms with Crippen LogP contribution in [0.5, 0.6) is 0 Å². The molecule has 0 bridgehead atoms. The zero-order chi connectivity index (χ0) is 17.1. The molecule has 1 aromatic carbocycles. The third-order valence-corrected chi connectivity index (χ3v) is 3.46. The van der Waals surface area contributed by atoms with Crippen LogP contribution >= 0.6 is 0 Å². The molecule has 23 heavy (non-hydrogen) atoms. The molecule has 0 spiro atoms. The van der Waals surface area contributed by atoms with Gasteiger partial charge in [-0.15, -0.1) is 0 Å². The molecule has 4 N–H and O–H groups in total. The number of nitrogens with two attached hydrogens (primary N) is 2. The Morgan fingerprint density at radius 1 is 1.30 bits per heavy atom. The van der Waals surface area contributed by atoms with Crippen LogP contribution < -0.4 is 11.5 Å². The van der Waals surface area contributed by atoms with E-state index in [-0.39, 0.29) is 17.3 Å². The SMILES string of the molecule is C/C(=C\C(=O)N(C)C)c1cc(N)c(N)c(-c2ncccc2F)c1. The van der Waals surface area contributed by atoms with Gasteiger partial charge in [-0.3, -0.25) is 9.78 Å². The summed E-state index contributed by atoms with van der Waals surface area (Å²) in [5.74, 6) is -0.634. The maximum Gasteiger partial charge on any atom is 0.246 e. The Morgan fingerprint density at radius 3 is 2.61 bits per heavy atom. The molecule has 5 nitrogen and oxygen atoms in total. The second kappa shape index (κ2) is 6.48. The summed E-state index contributed by atoms with van der Waals surface area (Å²) in [7, 11) is 3.33. The molecule has 0 saturated heterocycles. The number of aromatic nitrogens is 1. The van der Waals surface area contributed by atoms with E-state index < -0.39 is 5.82 Å². The number of benzene rings is 1. The van der Waals surface area contributed by atoms with Gasteiger partial charge in [0, 0.05) is 31.9 Å². The predicted molar refractivity (Wildman–Crippen MR) is 90.8 cm³/mol. The number of carbonyl (C=O) groups excluding carboxylic acids is 1. The monoisotopic (exact) mass is 314 g/mol. The number of pyridine rings is 1. The van der Waals surface area contributed by atoms with Crippen LogP contribution in [0.4, 0.5) is 15.8 Å². The van der Waals surface area contributed by atoms with Crippen LogP contribution in [0.2, 0.25) is 0 Å². The van der Waals surface area contributed by atoms with E-state index in [1.165, 1.54) is 29.3 Å². The number of amides is 1. The first kappa shape index (κ1) is 16.5. The van der Waals surface area contributed by atoms with Gasteiger partial charge in [0.15, 0.2) is 0 Å². The molecule has 0 saturated carbocycles. The van der Waals surface area contributed by atoms with Gasteiger partial charge < -0.3 is 16.4 Å². The fraction of sp³-hybridized carbons (Fsp3) is 0.176. The minimum atomic E-state index is -0.484. The lowest BCUT2D eigenvalue weighted by atomic mass is 9.99. The highest BCUT2D eigenvalue weighted by atomic mass is 19.1.